The molecule has 1 aliphatic rings. The van der Waals surface area contributed by atoms with Crippen LogP contribution in [0.2, 0.25) is 0 Å². The number of fused-ring (bicyclic) bond motifs is 1. The first-order chi connectivity index (χ1) is 5.97. The first kappa shape index (κ1) is 7.63. The first-order valence-corrected chi connectivity index (χ1v) is 4.59. The molecule has 0 fully saturated rings. The van der Waals surface area contributed by atoms with Gasteiger partial charge in [0.25, 0.3) is 9.03 Å². The van der Waals surface area contributed by atoms with Crippen molar-refractivity contribution in [3.05, 3.63) is 42.2 Å². The Hall–Kier alpha value is -1.01. The van der Waals surface area contributed by atoms with Gasteiger partial charge in [0.2, 0.25) is 0 Å². The fourth-order valence-corrected chi connectivity index (χ4v) is 1.58. The lowest BCUT2D eigenvalue weighted by molar-refractivity contribution is 0.460. The summed E-state index contributed by atoms with van der Waals surface area (Å²) in [6.45, 7) is 0. The highest BCUT2D eigenvalue weighted by molar-refractivity contribution is 7.26. The van der Waals surface area contributed by atoms with Gasteiger partial charge in [-0.15, -0.1) is 0 Å². The quantitative estimate of drug-likeness (QED) is 0.571. The summed E-state index contributed by atoms with van der Waals surface area (Å²) in [4.78, 5) is 0. The van der Waals surface area contributed by atoms with Gasteiger partial charge < -0.3 is 9.05 Å². The molecule has 1 unspecified atom stereocenters. The maximum Gasteiger partial charge on any atom is 0.274 e. The summed E-state index contributed by atoms with van der Waals surface area (Å²) in [5, 5.41) is 0. The van der Waals surface area contributed by atoms with E-state index in [1.165, 1.54) is 5.56 Å². The minimum Gasteiger partial charge on any atom is -0.449 e. The number of allylic oxidation sites excluding steroid dienone is 1. The molecule has 0 N–H and O–H groups in total. The van der Waals surface area contributed by atoms with Gasteiger partial charge >= 0.3 is 0 Å². The van der Waals surface area contributed by atoms with Crippen molar-refractivity contribution < 1.29 is 9.05 Å². The van der Waals surface area contributed by atoms with Crippen LogP contribution in [-0.4, -0.2) is 0 Å². The van der Waals surface area contributed by atoms with Crippen LogP contribution in [0.5, 0.6) is 5.75 Å². The van der Waals surface area contributed by atoms with E-state index in [1.54, 1.807) is 6.26 Å². The lowest BCUT2D eigenvalue weighted by atomic mass is 10.1. The third-order valence-electron chi connectivity index (χ3n) is 1.67. The molecule has 3 heteroatoms. The van der Waals surface area contributed by atoms with Crippen molar-refractivity contribution in [2.75, 3.05) is 0 Å². The summed E-state index contributed by atoms with van der Waals surface area (Å²) >= 11 is 0. The van der Waals surface area contributed by atoms with Crippen LogP contribution in [0, 0.1) is 0 Å². The largest absolute Gasteiger partial charge is 0.449 e. The van der Waals surface area contributed by atoms with Crippen LogP contribution in [0.4, 0.5) is 0 Å². The Labute approximate surface area is 73.1 Å². The maximum absolute atomic E-state index is 5.38. The number of benzene rings is 1. The van der Waals surface area contributed by atoms with E-state index in [9.17, 15) is 0 Å². The fourth-order valence-electron chi connectivity index (χ4n) is 1.09. The summed E-state index contributed by atoms with van der Waals surface area (Å²) in [5.74, 6) is 0.931. The van der Waals surface area contributed by atoms with Crippen molar-refractivity contribution in [2.24, 2.45) is 0 Å². The molecular weight excluding hydrogens is 171 g/mol. The number of hydrogen-bond acceptors (Lipinski definition) is 2. The van der Waals surface area contributed by atoms with E-state index >= 15 is 0 Å². The lowest BCUT2D eigenvalue weighted by Gasteiger charge is -2.10. The van der Waals surface area contributed by atoms with Gasteiger partial charge in [0.05, 0.1) is 6.26 Å². The van der Waals surface area contributed by atoms with Gasteiger partial charge in [0, 0.05) is 0 Å². The van der Waals surface area contributed by atoms with Crippen molar-refractivity contribution >= 4 is 9.03 Å². The van der Waals surface area contributed by atoms with Crippen molar-refractivity contribution in [3.63, 3.8) is 0 Å². The molecule has 0 amide bonds. The summed E-state index contributed by atoms with van der Waals surface area (Å²) in [5.41, 5.74) is 1.21. The predicted octanol–water partition coefficient (Wildman–Crippen LogP) is 2.66. The zero-order chi connectivity index (χ0) is 8.23. The Morgan fingerprint density at radius 1 is 1.25 bits per heavy atom. The second-order valence-corrected chi connectivity index (χ2v) is 3.09. The van der Waals surface area contributed by atoms with Crippen molar-refractivity contribution in [2.45, 2.75) is 6.42 Å². The van der Waals surface area contributed by atoms with Crippen LogP contribution in [0.15, 0.2) is 36.6 Å². The van der Waals surface area contributed by atoms with Gasteiger partial charge in [-0.3, -0.25) is 0 Å². The number of rotatable bonds is 0. The van der Waals surface area contributed by atoms with E-state index in [2.05, 4.69) is 6.07 Å². The van der Waals surface area contributed by atoms with Crippen LogP contribution in [0.1, 0.15) is 5.56 Å². The molecule has 0 radical (unpaired) electrons. The molecule has 0 aliphatic carbocycles. The molecule has 0 aromatic heterocycles. The van der Waals surface area contributed by atoms with Crippen molar-refractivity contribution in [1.29, 1.82) is 0 Å². The predicted molar refractivity (Wildman–Crippen MR) is 49.3 cm³/mol. The minimum atomic E-state index is 0.0705. The SMILES string of the molecule is C1=COPOc2ccccc2C1. The summed E-state index contributed by atoms with van der Waals surface area (Å²) < 4.78 is 10.4. The van der Waals surface area contributed by atoms with Crippen LogP contribution >= 0.6 is 9.03 Å². The second-order valence-electron chi connectivity index (χ2n) is 2.49. The summed E-state index contributed by atoms with van der Waals surface area (Å²) in [7, 11) is 0.0705. The number of para-hydroxylation sites is 1. The maximum atomic E-state index is 5.38. The molecule has 0 saturated heterocycles. The second kappa shape index (κ2) is 3.59. The van der Waals surface area contributed by atoms with E-state index in [-0.39, 0.29) is 9.03 Å². The smallest absolute Gasteiger partial charge is 0.274 e. The van der Waals surface area contributed by atoms with Gasteiger partial charge in [-0.2, -0.15) is 0 Å². The van der Waals surface area contributed by atoms with Crippen LogP contribution < -0.4 is 4.52 Å². The Bertz CT molecular complexity index is 296. The topological polar surface area (TPSA) is 18.5 Å². The van der Waals surface area contributed by atoms with E-state index in [0.29, 0.717) is 0 Å². The van der Waals surface area contributed by atoms with E-state index in [0.717, 1.165) is 12.2 Å². The molecule has 2 nitrogen and oxygen atoms in total. The van der Waals surface area contributed by atoms with Crippen molar-refractivity contribution in [3.8, 4) is 5.75 Å². The van der Waals surface area contributed by atoms with Crippen LogP contribution in [-0.2, 0) is 10.9 Å². The lowest BCUT2D eigenvalue weighted by Crippen LogP contribution is -1.90. The van der Waals surface area contributed by atoms with Gasteiger partial charge in [-0.05, 0) is 24.1 Å². The highest BCUT2D eigenvalue weighted by Crippen LogP contribution is 2.28. The fraction of sp³-hybridized carbons (Fsp3) is 0.111. The zero-order valence-electron chi connectivity index (χ0n) is 6.49. The molecule has 12 heavy (non-hydrogen) atoms. The molecule has 1 aliphatic heterocycles. The zero-order valence-corrected chi connectivity index (χ0v) is 7.49. The van der Waals surface area contributed by atoms with Gasteiger partial charge in [0.1, 0.15) is 5.75 Å². The Morgan fingerprint density at radius 3 is 3.17 bits per heavy atom. The Morgan fingerprint density at radius 2 is 2.17 bits per heavy atom. The van der Waals surface area contributed by atoms with Crippen molar-refractivity contribution in [1.82, 2.24) is 0 Å². The highest BCUT2D eigenvalue weighted by Gasteiger charge is 2.02. The Kier molecular flexibility index (Phi) is 2.28. The van der Waals surface area contributed by atoms with E-state index < -0.39 is 0 Å². The third-order valence-corrected chi connectivity index (χ3v) is 2.21. The molecule has 0 bridgehead atoms. The average Bonchev–Trinajstić information content (AvgIpc) is 2.06. The monoisotopic (exact) mass is 180 g/mol. The first-order valence-electron chi connectivity index (χ1n) is 3.77. The van der Waals surface area contributed by atoms with Gasteiger partial charge in [-0.1, -0.05) is 18.2 Å². The number of hydrogen-bond donors (Lipinski definition) is 0. The summed E-state index contributed by atoms with van der Waals surface area (Å²) in [6, 6.07) is 8.01. The highest BCUT2D eigenvalue weighted by atomic mass is 31.1. The normalized spacial score (nSPS) is 17.0. The molecule has 1 aromatic rings. The third kappa shape index (κ3) is 1.59. The van der Waals surface area contributed by atoms with Gasteiger partial charge in [0.15, 0.2) is 0 Å². The minimum absolute atomic E-state index is 0.0705. The van der Waals surface area contributed by atoms with Crippen LogP contribution in [0.25, 0.3) is 0 Å². The summed E-state index contributed by atoms with van der Waals surface area (Å²) in [6.07, 6.45) is 4.56. The molecule has 0 spiro atoms. The molecule has 1 atom stereocenters. The average molecular weight is 180 g/mol. The standard InChI is InChI=1S/C9H9O2P/c1-2-6-9-8(4-1)5-3-7-10-12-11-9/h1-4,6-7,12H,5H2. The molecular formula is C9H9O2P. The Balaban J connectivity index is 2.32. The van der Waals surface area contributed by atoms with Crippen LogP contribution in [0.3, 0.4) is 0 Å². The molecule has 1 heterocycles. The molecule has 0 saturated carbocycles. The van der Waals surface area contributed by atoms with Gasteiger partial charge in [-0.25, -0.2) is 0 Å². The van der Waals surface area contributed by atoms with E-state index in [4.69, 9.17) is 9.05 Å². The molecule has 62 valence electrons. The molecule has 1 aromatic carbocycles. The molecule has 2 rings (SSSR count). The van der Waals surface area contributed by atoms with E-state index in [1.807, 2.05) is 24.3 Å².